The van der Waals surface area contributed by atoms with Gasteiger partial charge in [-0.3, -0.25) is 4.90 Å². The number of fused-ring (bicyclic) bond motifs is 3. The Kier molecular flexibility index (Phi) is 3.48. The van der Waals surface area contributed by atoms with E-state index < -0.39 is 0 Å². The molecule has 1 aliphatic carbocycles. The highest BCUT2D eigenvalue weighted by atomic mass is 16.3. The van der Waals surface area contributed by atoms with Crippen LogP contribution in [0.5, 0.6) is 0 Å². The number of anilines is 3. The van der Waals surface area contributed by atoms with Crippen molar-refractivity contribution < 1.29 is 4.42 Å². The summed E-state index contributed by atoms with van der Waals surface area (Å²) >= 11 is 0. The Morgan fingerprint density at radius 2 is 1.41 bits per heavy atom. The van der Waals surface area contributed by atoms with Gasteiger partial charge in [0.1, 0.15) is 0 Å². The summed E-state index contributed by atoms with van der Waals surface area (Å²) < 4.78 is 5.76. The number of nitrogens with zero attached hydrogens (tertiary/aromatic N) is 1. The van der Waals surface area contributed by atoms with Gasteiger partial charge in [-0.15, -0.1) is 0 Å². The van der Waals surface area contributed by atoms with Gasteiger partial charge in [-0.1, -0.05) is 62.4 Å². The molecule has 0 bridgehead atoms. The third kappa shape index (κ3) is 2.41. The highest BCUT2D eigenvalue weighted by molar-refractivity contribution is 5.84. The summed E-state index contributed by atoms with van der Waals surface area (Å²) in [5, 5.41) is 0. The van der Waals surface area contributed by atoms with Crippen molar-refractivity contribution in [2.75, 3.05) is 4.90 Å². The van der Waals surface area contributed by atoms with Crippen molar-refractivity contribution in [3.05, 3.63) is 102 Å². The molecule has 27 heavy (non-hydrogen) atoms. The molecule has 0 aliphatic heterocycles. The van der Waals surface area contributed by atoms with Gasteiger partial charge >= 0.3 is 0 Å². The van der Waals surface area contributed by atoms with Crippen LogP contribution in [0.3, 0.4) is 0 Å². The Labute approximate surface area is 159 Å². The fourth-order valence-corrected chi connectivity index (χ4v) is 4.21. The number of rotatable bonds is 3. The summed E-state index contributed by atoms with van der Waals surface area (Å²) in [4.78, 5) is 2.17. The van der Waals surface area contributed by atoms with Crippen molar-refractivity contribution in [1.82, 2.24) is 0 Å². The van der Waals surface area contributed by atoms with Gasteiger partial charge in [0.15, 0.2) is 0 Å². The van der Waals surface area contributed by atoms with Crippen molar-refractivity contribution >= 4 is 17.3 Å². The van der Waals surface area contributed by atoms with Crippen LogP contribution in [-0.2, 0) is 5.41 Å². The fraction of sp³-hybridized carbons (Fsp3) is 0.120. The maximum atomic E-state index is 5.76. The lowest BCUT2D eigenvalue weighted by Gasteiger charge is -2.26. The molecule has 0 saturated heterocycles. The standard InChI is InChI=1S/C25H21NO/c1-25(2)22-12-7-6-11-20(22)21-15-14-19(17-23(21)25)26(24-13-8-16-27-24)18-9-4-3-5-10-18/h3-17H,1-2H3. The van der Waals surface area contributed by atoms with E-state index >= 15 is 0 Å². The van der Waals surface area contributed by atoms with Crippen LogP contribution in [0.15, 0.2) is 95.6 Å². The smallest absolute Gasteiger partial charge is 0.204 e. The lowest BCUT2D eigenvalue weighted by molar-refractivity contribution is 0.573. The zero-order valence-electron chi connectivity index (χ0n) is 15.5. The predicted octanol–water partition coefficient (Wildman–Crippen LogP) is 7.06. The van der Waals surface area contributed by atoms with Crippen molar-refractivity contribution in [2.45, 2.75) is 19.3 Å². The topological polar surface area (TPSA) is 16.4 Å². The number of benzene rings is 3. The van der Waals surface area contributed by atoms with E-state index in [1.807, 2.05) is 18.2 Å². The minimum Gasteiger partial charge on any atom is -0.448 e. The number of hydrogen-bond donors (Lipinski definition) is 0. The summed E-state index contributed by atoms with van der Waals surface area (Å²) in [6.45, 7) is 4.61. The second-order valence-corrected chi connectivity index (χ2v) is 7.52. The Morgan fingerprint density at radius 3 is 2.19 bits per heavy atom. The minimum atomic E-state index is -0.0204. The molecular weight excluding hydrogens is 330 g/mol. The molecule has 0 fully saturated rings. The highest BCUT2D eigenvalue weighted by Gasteiger charge is 2.35. The second kappa shape index (κ2) is 5.88. The summed E-state index contributed by atoms with van der Waals surface area (Å²) in [5.41, 5.74) is 7.58. The largest absolute Gasteiger partial charge is 0.448 e. The van der Waals surface area contributed by atoms with Gasteiger partial charge in [-0.05, 0) is 52.6 Å². The van der Waals surface area contributed by atoms with Crippen LogP contribution in [0.25, 0.3) is 11.1 Å². The Morgan fingerprint density at radius 1 is 0.667 bits per heavy atom. The maximum absolute atomic E-state index is 5.76. The molecule has 1 aliphatic rings. The Balaban J connectivity index is 1.70. The first-order chi connectivity index (χ1) is 13.2. The van der Waals surface area contributed by atoms with Crippen molar-refractivity contribution in [3.63, 3.8) is 0 Å². The summed E-state index contributed by atoms with van der Waals surface area (Å²) in [7, 11) is 0. The molecule has 0 amide bonds. The molecule has 0 saturated carbocycles. The molecule has 2 heteroatoms. The number of furan rings is 1. The van der Waals surface area contributed by atoms with Crippen LogP contribution in [0.2, 0.25) is 0 Å². The van der Waals surface area contributed by atoms with Crippen LogP contribution in [-0.4, -0.2) is 0 Å². The van der Waals surface area contributed by atoms with Crippen molar-refractivity contribution in [3.8, 4) is 11.1 Å². The van der Waals surface area contributed by atoms with Crippen LogP contribution < -0.4 is 4.90 Å². The van der Waals surface area contributed by atoms with Crippen LogP contribution in [0, 0.1) is 0 Å². The molecule has 3 aromatic carbocycles. The third-order valence-electron chi connectivity index (χ3n) is 5.57. The fourth-order valence-electron chi connectivity index (χ4n) is 4.21. The summed E-state index contributed by atoms with van der Waals surface area (Å²) in [5.74, 6) is 0.814. The van der Waals surface area contributed by atoms with Crippen LogP contribution in [0.1, 0.15) is 25.0 Å². The molecule has 4 aromatic rings. The van der Waals surface area contributed by atoms with Crippen molar-refractivity contribution in [2.24, 2.45) is 0 Å². The first kappa shape index (κ1) is 16.0. The zero-order valence-corrected chi connectivity index (χ0v) is 15.5. The molecule has 1 heterocycles. The van der Waals surface area contributed by atoms with E-state index in [2.05, 4.69) is 85.5 Å². The van der Waals surface area contributed by atoms with E-state index in [0.717, 1.165) is 17.3 Å². The van der Waals surface area contributed by atoms with Gasteiger partial charge in [0.2, 0.25) is 5.88 Å². The second-order valence-electron chi connectivity index (χ2n) is 7.52. The molecule has 0 atom stereocenters. The molecule has 0 radical (unpaired) electrons. The molecule has 0 N–H and O–H groups in total. The van der Waals surface area contributed by atoms with Gasteiger partial charge in [0.25, 0.3) is 0 Å². The van der Waals surface area contributed by atoms with Gasteiger partial charge in [-0.2, -0.15) is 0 Å². The third-order valence-corrected chi connectivity index (χ3v) is 5.57. The van der Waals surface area contributed by atoms with E-state index in [-0.39, 0.29) is 5.41 Å². The first-order valence-electron chi connectivity index (χ1n) is 9.29. The average molecular weight is 351 g/mol. The average Bonchev–Trinajstić information content (AvgIpc) is 3.30. The quantitative estimate of drug-likeness (QED) is 0.393. The molecule has 132 valence electrons. The van der Waals surface area contributed by atoms with E-state index in [9.17, 15) is 0 Å². The van der Waals surface area contributed by atoms with Crippen LogP contribution in [0.4, 0.5) is 17.3 Å². The number of hydrogen-bond acceptors (Lipinski definition) is 2. The van der Waals surface area contributed by atoms with Crippen molar-refractivity contribution in [1.29, 1.82) is 0 Å². The summed E-state index contributed by atoms with van der Waals surface area (Å²) in [6.07, 6.45) is 1.72. The maximum Gasteiger partial charge on any atom is 0.204 e. The summed E-state index contributed by atoms with van der Waals surface area (Å²) in [6, 6.07) is 29.8. The molecule has 0 unspecified atom stereocenters. The molecule has 0 spiro atoms. The molecule has 1 aromatic heterocycles. The molecular formula is C25H21NO. The van der Waals surface area contributed by atoms with Gasteiger partial charge in [0, 0.05) is 22.9 Å². The lowest BCUT2D eigenvalue weighted by Crippen LogP contribution is -2.16. The SMILES string of the molecule is CC1(C)c2ccccc2-c2ccc(N(c3ccccc3)c3ccco3)cc21. The zero-order chi connectivity index (χ0) is 18.4. The Hall–Kier alpha value is -3.26. The monoisotopic (exact) mass is 351 g/mol. The minimum absolute atomic E-state index is 0.0204. The predicted molar refractivity (Wildman–Crippen MR) is 111 cm³/mol. The van der Waals surface area contributed by atoms with E-state index in [0.29, 0.717) is 0 Å². The first-order valence-corrected chi connectivity index (χ1v) is 9.29. The van der Waals surface area contributed by atoms with E-state index in [1.54, 1.807) is 6.26 Å². The lowest BCUT2D eigenvalue weighted by atomic mass is 9.82. The van der Waals surface area contributed by atoms with Gasteiger partial charge < -0.3 is 4.42 Å². The van der Waals surface area contributed by atoms with Gasteiger partial charge in [0.05, 0.1) is 6.26 Å². The number of para-hydroxylation sites is 1. The molecule has 5 rings (SSSR count). The Bertz CT molecular complexity index is 1090. The highest BCUT2D eigenvalue weighted by Crippen LogP contribution is 2.50. The normalized spacial score (nSPS) is 13.9. The van der Waals surface area contributed by atoms with E-state index in [1.165, 1.54) is 22.3 Å². The van der Waals surface area contributed by atoms with E-state index in [4.69, 9.17) is 4.42 Å². The molecule has 2 nitrogen and oxygen atoms in total. The van der Waals surface area contributed by atoms with Crippen LogP contribution >= 0.6 is 0 Å². The van der Waals surface area contributed by atoms with Gasteiger partial charge in [-0.25, -0.2) is 0 Å².